The Morgan fingerprint density at radius 1 is 1.03 bits per heavy atom. The summed E-state index contributed by atoms with van der Waals surface area (Å²) in [5.74, 6) is -1.36. The van der Waals surface area contributed by atoms with Crippen LogP contribution in [-0.4, -0.2) is 57.1 Å². The molecule has 1 heterocycles. The molecule has 2 aromatic carbocycles. The largest absolute Gasteiger partial charge is 0.417 e. The van der Waals surface area contributed by atoms with E-state index >= 15 is 0 Å². The third-order valence-electron chi connectivity index (χ3n) is 4.93. The molecule has 1 N–H and O–H groups in total. The fourth-order valence-corrected chi connectivity index (χ4v) is 4.87. The lowest BCUT2D eigenvalue weighted by Gasteiger charge is -2.35. The van der Waals surface area contributed by atoms with Crippen LogP contribution >= 0.6 is 11.6 Å². The SMILES string of the molecule is O=C(NCCS(=O)(=O)N1CCN(c2cccc(Cl)c2)CC1)c1ccccc1C(F)(F)F. The average molecular weight is 476 g/mol. The van der Waals surface area contributed by atoms with Gasteiger partial charge in [0.15, 0.2) is 0 Å². The van der Waals surface area contributed by atoms with E-state index in [1.165, 1.54) is 16.4 Å². The van der Waals surface area contributed by atoms with Crippen LogP contribution in [0.3, 0.4) is 0 Å². The highest BCUT2D eigenvalue weighted by atomic mass is 35.5. The predicted octanol–water partition coefficient (Wildman–Crippen LogP) is 3.24. The van der Waals surface area contributed by atoms with Crippen LogP contribution in [0.1, 0.15) is 15.9 Å². The lowest BCUT2D eigenvalue weighted by molar-refractivity contribution is -0.137. The Labute approximate surface area is 183 Å². The third kappa shape index (κ3) is 5.90. The van der Waals surface area contributed by atoms with E-state index < -0.39 is 39.0 Å². The van der Waals surface area contributed by atoms with Gasteiger partial charge in [0.1, 0.15) is 0 Å². The monoisotopic (exact) mass is 475 g/mol. The summed E-state index contributed by atoms with van der Waals surface area (Å²) in [5.41, 5.74) is -0.699. The molecule has 31 heavy (non-hydrogen) atoms. The fraction of sp³-hybridized carbons (Fsp3) is 0.350. The average Bonchev–Trinajstić information content (AvgIpc) is 2.73. The molecule has 0 saturated carbocycles. The van der Waals surface area contributed by atoms with Gasteiger partial charge in [0.25, 0.3) is 5.91 Å². The first-order valence-corrected chi connectivity index (χ1v) is 11.5. The molecule has 1 saturated heterocycles. The van der Waals surface area contributed by atoms with Gasteiger partial charge < -0.3 is 10.2 Å². The number of piperazine rings is 1. The highest BCUT2D eigenvalue weighted by Crippen LogP contribution is 2.31. The van der Waals surface area contributed by atoms with E-state index in [-0.39, 0.29) is 19.6 Å². The number of nitrogens with one attached hydrogen (secondary N) is 1. The van der Waals surface area contributed by atoms with Crippen molar-refractivity contribution in [1.82, 2.24) is 9.62 Å². The maximum Gasteiger partial charge on any atom is 0.417 e. The summed E-state index contributed by atoms with van der Waals surface area (Å²) < 4.78 is 65.6. The number of hydrogen-bond acceptors (Lipinski definition) is 4. The van der Waals surface area contributed by atoms with Gasteiger partial charge in [0, 0.05) is 43.4 Å². The number of sulfonamides is 1. The van der Waals surface area contributed by atoms with E-state index in [1.807, 2.05) is 17.0 Å². The summed E-state index contributed by atoms with van der Waals surface area (Å²) in [5, 5.41) is 2.87. The van der Waals surface area contributed by atoms with Crippen molar-refractivity contribution >= 4 is 33.2 Å². The Bertz CT molecular complexity index is 1040. The van der Waals surface area contributed by atoms with Crippen molar-refractivity contribution in [3.8, 4) is 0 Å². The topological polar surface area (TPSA) is 69.7 Å². The molecule has 11 heteroatoms. The summed E-state index contributed by atoms with van der Waals surface area (Å²) in [6, 6.07) is 11.7. The van der Waals surface area contributed by atoms with Crippen molar-refractivity contribution in [1.29, 1.82) is 0 Å². The molecule has 0 radical (unpaired) electrons. The molecule has 168 valence electrons. The maximum atomic E-state index is 13.0. The zero-order chi connectivity index (χ0) is 22.6. The lowest BCUT2D eigenvalue weighted by atomic mass is 10.1. The second-order valence-electron chi connectivity index (χ2n) is 6.98. The molecule has 0 unspecified atom stereocenters. The van der Waals surface area contributed by atoms with Crippen LogP contribution in [0.25, 0.3) is 0 Å². The minimum atomic E-state index is -4.68. The van der Waals surface area contributed by atoms with Crippen LogP contribution in [0.2, 0.25) is 5.02 Å². The molecule has 6 nitrogen and oxygen atoms in total. The number of carbonyl (C=O) groups is 1. The molecular formula is C20H21ClF3N3O3S. The standard InChI is InChI=1S/C20H21ClF3N3O3S/c21-15-4-3-5-16(14-15)26-9-11-27(12-10-26)31(29,30)13-8-25-19(28)17-6-1-2-7-18(17)20(22,23)24/h1-7,14H,8-13H2,(H,25,28). The molecule has 0 spiro atoms. The first-order chi connectivity index (χ1) is 14.6. The Hall–Kier alpha value is -2.30. The van der Waals surface area contributed by atoms with Crippen LogP contribution < -0.4 is 10.2 Å². The summed E-state index contributed by atoms with van der Waals surface area (Å²) in [6.45, 7) is 1.19. The predicted molar refractivity (Wildman–Crippen MR) is 113 cm³/mol. The van der Waals surface area contributed by atoms with E-state index in [4.69, 9.17) is 11.6 Å². The second kappa shape index (κ2) is 9.46. The summed E-state index contributed by atoms with van der Waals surface area (Å²) in [4.78, 5) is 14.2. The van der Waals surface area contributed by atoms with Crippen LogP contribution in [-0.2, 0) is 16.2 Å². The van der Waals surface area contributed by atoms with Crippen molar-refractivity contribution in [2.24, 2.45) is 0 Å². The number of nitrogens with zero attached hydrogens (tertiary/aromatic N) is 2. The van der Waals surface area contributed by atoms with E-state index in [0.29, 0.717) is 18.1 Å². The molecule has 3 rings (SSSR count). The molecule has 0 bridgehead atoms. The van der Waals surface area contributed by atoms with E-state index in [0.717, 1.165) is 17.8 Å². The summed E-state index contributed by atoms with van der Waals surface area (Å²) in [6.07, 6.45) is -4.68. The van der Waals surface area contributed by atoms with Crippen LogP contribution in [0, 0.1) is 0 Å². The molecular weight excluding hydrogens is 455 g/mol. The van der Waals surface area contributed by atoms with Crippen molar-refractivity contribution < 1.29 is 26.4 Å². The third-order valence-corrected chi connectivity index (χ3v) is 7.04. The smallest absolute Gasteiger partial charge is 0.369 e. The molecule has 1 aliphatic rings. The van der Waals surface area contributed by atoms with Crippen molar-refractivity contribution in [2.75, 3.05) is 43.4 Å². The van der Waals surface area contributed by atoms with E-state index in [9.17, 15) is 26.4 Å². The number of hydrogen-bond donors (Lipinski definition) is 1. The number of amides is 1. The normalized spacial score (nSPS) is 15.7. The molecule has 1 aliphatic heterocycles. The first-order valence-electron chi connectivity index (χ1n) is 9.51. The Kier molecular flexibility index (Phi) is 7.13. The van der Waals surface area contributed by atoms with Crippen molar-refractivity contribution in [3.63, 3.8) is 0 Å². The van der Waals surface area contributed by atoms with Gasteiger partial charge in [-0.3, -0.25) is 4.79 Å². The van der Waals surface area contributed by atoms with E-state index in [1.54, 1.807) is 12.1 Å². The Morgan fingerprint density at radius 3 is 2.35 bits per heavy atom. The molecule has 0 aromatic heterocycles. The zero-order valence-corrected chi connectivity index (χ0v) is 18.0. The van der Waals surface area contributed by atoms with Gasteiger partial charge in [-0.2, -0.15) is 17.5 Å². The van der Waals surface area contributed by atoms with Gasteiger partial charge in [0.2, 0.25) is 10.0 Å². The maximum absolute atomic E-state index is 13.0. The highest BCUT2D eigenvalue weighted by molar-refractivity contribution is 7.89. The highest BCUT2D eigenvalue weighted by Gasteiger charge is 2.35. The number of rotatable bonds is 6. The van der Waals surface area contributed by atoms with Gasteiger partial charge in [-0.25, -0.2) is 8.42 Å². The van der Waals surface area contributed by atoms with Gasteiger partial charge in [0.05, 0.1) is 16.9 Å². The van der Waals surface area contributed by atoms with Gasteiger partial charge in [-0.05, 0) is 30.3 Å². The minimum absolute atomic E-state index is 0.264. The molecule has 1 fully saturated rings. The quantitative estimate of drug-likeness (QED) is 0.696. The Balaban J connectivity index is 1.54. The molecule has 1 amide bonds. The number of anilines is 1. The summed E-state index contributed by atoms with van der Waals surface area (Å²) >= 11 is 6.00. The fourth-order valence-electron chi connectivity index (χ4n) is 3.34. The van der Waals surface area contributed by atoms with Gasteiger partial charge in [-0.15, -0.1) is 0 Å². The van der Waals surface area contributed by atoms with Gasteiger partial charge in [-0.1, -0.05) is 29.8 Å². The number of carbonyl (C=O) groups excluding carboxylic acids is 1. The number of benzene rings is 2. The number of halogens is 4. The molecule has 0 aliphatic carbocycles. The number of alkyl halides is 3. The lowest BCUT2D eigenvalue weighted by Crippen LogP contribution is -2.50. The second-order valence-corrected chi connectivity index (χ2v) is 9.51. The van der Waals surface area contributed by atoms with Crippen molar-refractivity contribution in [2.45, 2.75) is 6.18 Å². The van der Waals surface area contributed by atoms with Gasteiger partial charge >= 0.3 is 6.18 Å². The van der Waals surface area contributed by atoms with Crippen LogP contribution in [0.4, 0.5) is 18.9 Å². The molecule has 0 atom stereocenters. The zero-order valence-electron chi connectivity index (χ0n) is 16.4. The Morgan fingerprint density at radius 2 is 1.71 bits per heavy atom. The van der Waals surface area contributed by atoms with Crippen LogP contribution in [0.5, 0.6) is 0 Å². The summed E-state index contributed by atoms with van der Waals surface area (Å²) in [7, 11) is -3.67. The molecule has 2 aromatic rings. The van der Waals surface area contributed by atoms with Crippen LogP contribution in [0.15, 0.2) is 48.5 Å². The van der Waals surface area contributed by atoms with E-state index in [2.05, 4.69) is 5.32 Å². The van der Waals surface area contributed by atoms with Crippen molar-refractivity contribution in [3.05, 3.63) is 64.7 Å². The minimum Gasteiger partial charge on any atom is -0.369 e. The first kappa shape index (κ1) is 23.4.